The molecule has 1 saturated carbocycles. The fourth-order valence-electron chi connectivity index (χ4n) is 4.85. The summed E-state index contributed by atoms with van der Waals surface area (Å²) in [5.74, 6) is -1.65. The number of sulfone groups is 1. The van der Waals surface area contributed by atoms with Crippen molar-refractivity contribution in [1.82, 2.24) is 19.5 Å². The molecular weight excluding hydrogens is 485 g/mol. The van der Waals surface area contributed by atoms with Crippen LogP contribution in [0.25, 0.3) is 5.65 Å². The Hall–Kier alpha value is -2.37. The molecule has 1 atom stereocenters. The van der Waals surface area contributed by atoms with Crippen molar-refractivity contribution in [3.63, 3.8) is 0 Å². The van der Waals surface area contributed by atoms with Gasteiger partial charge < -0.3 is 9.64 Å². The van der Waals surface area contributed by atoms with Gasteiger partial charge in [-0.25, -0.2) is 22.7 Å². The number of carbonyl (C=O) groups excluding carboxylic acids is 1. The van der Waals surface area contributed by atoms with E-state index in [9.17, 15) is 26.4 Å². The van der Waals surface area contributed by atoms with Crippen molar-refractivity contribution in [1.29, 1.82) is 0 Å². The van der Waals surface area contributed by atoms with Crippen LogP contribution in [0.2, 0.25) is 0 Å². The molecule has 0 radical (unpaired) electrons. The van der Waals surface area contributed by atoms with Gasteiger partial charge in [0.25, 0.3) is 0 Å². The molecule has 0 spiro atoms. The Bertz CT molecular complexity index is 1210. The van der Waals surface area contributed by atoms with E-state index in [1.54, 1.807) is 39.8 Å². The van der Waals surface area contributed by atoms with Gasteiger partial charge in [-0.3, -0.25) is 0 Å². The molecule has 2 aliphatic rings. The quantitative estimate of drug-likeness (QED) is 0.580. The second-order valence-electron chi connectivity index (χ2n) is 10.5. The number of fused-ring (bicyclic) bond motifs is 1. The Morgan fingerprint density at radius 3 is 2.37 bits per heavy atom. The van der Waals surface area contributed by atoms with Crippen LogP contribution in [-0.2, 0) is 14.6 Å². The molecule has 2 aromatic heterocycles. The van der Waals surface area contributed by atoms with Gasteiger partial charge in [0.2, 0.25) is 0 Å². The summed E-state index contributed by atoms with van der Waals surface area (Å²) < 4.78 is 72.3. The second-order valence-corrected chi connectivity index (χ2v) is 12.8. The van der Waals surface area contributed by atoms with Crippen LogP contribution in [0.1, 0.15) is 74.7 Å². The van der Waals surface area contributed by atoms with Crippen molar-refractivity contribution in [2.45, 2.75) is 76.3 Å². The normalized spacial score (nSPS) is 25.6. The number of aryl methyl sites for hydroxylation is 1. The molecule has 0 aromatic carbocycles. The molecule has 8 nitrogen and oxygen atoms in total. The van der Waals surface area contributed by atoms with E-state index in [2.05, 4.69) is 10.1 Å². The van der Waals surface area contributed by atoms with Crippen molar-refractivity contribution < 1.29 is 31.1 Å². The summed E-state index contributed by atoms with van der Waals surface area (Å²) in [6, 6.07) is 3.38. The SMILES string of the molecule is Cc1cc(C2CN(C(=O)OC(C)(C)C)CCS2(=O)=O)n2nc(C3CCC(C(F)(F)F)CC3)cc2n1. The maximum absolute atomic E-state index is 13.1. The first-order valence-electron chi connectivity index (χ1n) is 11.8. The minimum Gasteiger partial charge on any atom is -0.444 e. The molecule has 2 aromatic rings. The summed E-state index contributed by atoms with van der Waals surface area (Å²) in [6.45, 7) is 6.92. The Balaban J connectivity index is 1.64. The van der Waals surface area contributed by atoms with Gasteiger partial charge >= 0.3 is 12.3 Å². The van der Waals surface area contributed by atoms with Gasteiger partial charge in [0, 0.05) is 30.8 Å². The number of hydrogen-bond acceptors (Lipinski definition) is 6. The number of aromatic nitrogens is 3. The van der Waals surface area contributed by atoms with Gasteiger partial charge in [0.1, 0.15) is 10.9 Å². The topological polar surface area (TPSA) is 93.9 Å². The molecule has 0 N–H and O–H groups in total. The summed E-state index contributed by atoms with van der Waals surface area (Å²) in [6.07, 6.45) is -3.97. The first-order valence-corrected chi connectivity index (χ1v) is 13.5. The minimum atomic E-state index is -4.19. The van der Waals surface area contributed by atoms with E-state index in [4.69, 9.17) is 4.74 Å². The van der Waals surface area contributed by atoms with Gasteiger partial charge in [-0.1, -0.05) is 0 Å². The van der Waals surface area contributed by atoms with Gasteiger partial charge in [-0.15, -0.1) is 0 Å². The lowest BCUT2D eigenvalue weighted by molar-refractivity contribution is -0.182. The van der Waals surface area contributed by atoms with Crippen LogP contribution in [0.4, 0.5) is 18.0 Å². The van der Waals surface area contributed by atoms with E-state index in [0.29, 0.717) is 35.6 Å². The molecule has 0 bridgehead atoms. The predicted molar refractivity (Wildman–Crippen MR) is 123 cm³/mol. The lowest BCUT2D eigenvalue weighted by atomic mass is 9.80. The lowest BCUT2D eigenvalue weighted by Crippen LogP contribution is -2.47. The highest BCUT2D eigenvalue weighted by molar-refractivity contribution is 7.91. The molecule has 1 saturated heterocycles. The summed E-state index contributed by atoms with van der Waals surface area (Å²) in [4.78, 5) is 18.5. The smallest absolute Gasteiger partial charge is 0.410 e. The fourth-order valence-corrected chi connectivity index (χ4v) is 6.55. The lowest BCUT2D eigenvalue weighted by Gasteiger charge is -2.34. The largest absolute Gasteiger partial charge is 0.444 e. The number of hydrogen-bond donors (Lipinski definition) is 0. The Kier molecular flexibility index (Phi) is 6.56. The van der Waals surface area contributed by atoms with Gasteiger partial charge in [-0.2, -0.15) is 18.3 Å². The third kappa shape index (κ3) is 5.57. The average Bonchev–Trinajstić information content (AvgIpc) is 3.15. The van der Waals surface area contributed by atoms with E-state index >= 15 is 0 Å². The highest BCUT2D eigenvalue weighted by Gasteiger charge is 2.42. The predicted octanol–water partition coefficient (Wildman–Crippen LogP) is 4.58. The molecule has 12 heteroatoms. The summed E-state index contributed by atoms with van der Waals surface area (Å²) in [7, 11) is -3.60. The highest BCUT2D eigenvalue weighted by atomic mass is 32.2. The van der Waals surface area contributed by atoms with Crippen LogP contribution in [0.5, 0.6) is 0 Å². The van der Waals surface area contributed by atoms with E-state index in [0.717, 1.165) is 0 Å². The number of ether oxygens (including phenoxy) is 1. The fraction of sp³-hybridized carbons (Fsp3) is 0.696. The van der Waals surface area contributed by atoms with Crippen molar-refractivity contribution in [3.05, 3.63) is 29.2 Å². The maximum Gasteiger partial charge on any atom is 0.410 e. The van der Waals surface area contributed by atoms with Crippen molar-refractivity contribution in [2.75, 3.05) is 18.8 Å². The van der Waals surface area contributed by atoms with E-state index in [1.165, 1.54) is 9.42 Å². The second kappa shape index (κ2) is 8.94. The Labute approximate surface area is 202 Å². The number of halogens is 3. The maximum atomic E-state index is 13.1. The van der Waals surface area contributed by atoms with Gasteiger partial charge in [0.15, 0.2) is 15.5 Å². The molecule has 35 heavy (non-hydrogen) atoms. The van der Waals surface area contributed by atoms with Crippen molar-refractivity contribution in [3.8, 4) is 0 Å². The monoisotopic (exact) mass is 516 g/mol. The molecule has 194 valence electrons. The van der Waals surface area contributed by atoms with E-state index in [1.807, 2.05) is 0 Å². The number of rotatable bonds is 2. The minimum absolute atomic E-state index is 0.0355. The summed E-state index contributed by atoms with van der Waals surface area (Å²) in [5.41, 5.74) is 1.31. The van der Waals surface area contributed by atoms with Crippen LogP contribution in [-0.4, -0.2) is 64.6 Å². The summed E-state index contributed by atoms with van der Waals surface area (Å²) in [5, 5.41) is 3.58. The van der Waals surface area contributed by atoms with Crippen molar-refractivity contribution >= 4 is 21.6 Å². The third-order valence-corrected chi connectivity index (χ3v) is 8.67. The molecule has 2 fully saturated rings. The number of nitrogens with zero attached hydrogens (tertiary/aromatic N) is 4. The zero-order valence-corrected chi connectivity index (χ0v) is 21.1. The van der Waals surface area contributed by atoms with Crippen LogP contribution in [0.3, 0.4) is 0 Å². The van der Waals surface area contributed by atoms with Crippen LogP contribution in [0.15, 0.2) is 12.1 Å². The standard InChI is InChI=1S/C23H31F3N4O4S/c1-14-11-18(19-13-29(9-10-35(19,32)33)21(31)34-22(2,3)4)30-20(27-14)12-17(28-30)15-5-7-16(8-6-15)23(24,25)26/h11-12,15-16,19H,5-10,13H2,1-4H3. The number of alkyl halides is 3. The zero-order chi connectivity index (χ0) is 25.8. The zero-order valence-electron chi connectivity index (χ0n) is 20.3. The van der Waals surface area contributed by atoms with E-state index in [-0.39, 0.29) is 37.6 Å². The molecule has 4 rings (SSSR count). The molecular formula is C23H31F3N4O4S. The molecule has 1 aliphatic carbocycles. The van der Waals surface area contributed by atoms with Crippen LogP contribution >= 0.6 is 0 Å². The van der Waals surface area contributed by atoms with Crippen LogP contribution in [0, 0.1) is 12.8 Å². The average molecular weight is 517 g/mol. The first-order chi connectivity index (χ1) is 16.1. The van der Waals surface area contributed by atoms with Gasteiger partial charge in [0.05, 0.1) is 23.1 Å². The Morgan fingerprint density at radius 1 is 1.11 bits per heavy atom. The number of carbonyl (C=O) groups is 1. The summed E-state index contributed by atoms with van der Waals surface area (Å²) >= 11 is 0. The highest BCUT2D eigenvalue weighted by Crippen LogP contribution is 2.43. The number of amides is 1. The Morgan fingerprint density at radius 2 is 1.77 bits per heavy atom. The van der Waals surface area contributed by atoms with Crippen LogP contribution < -0.4 is 0 Å². The van der Waals surface area contributed by atoms with Crippen molar-refractivity contribution in [2.24, 2.45) is 5.92 Å². The van der Waals surface area contributed by atoms with E-state index < -0.39 is 38.9 Å². The first kappa shape index (κ1) is 25.7. The molecule has 1 aliphatic heterocycles. The molecule has 1 amide bonds. The molecule has 1 unspecified atom stereocenters. The third-order valence-electron chi connectivity index (χ3n) is 6.66. The molecule has 3 heterocycles. The van der Waals surface area contributed by atoms with Gasteiger partial charge in [-0.05, 0) is 59.4 Å².